The molecule has 6 amide bonds. The van der Waals surface area contributed by atoms with Crippen LogP contribution in [-0.2, 0) is 60.9 Å². The van der Waals surface area contributed by atoms with E-state index < -0.39 is 95.2 Å². The smallest absolute Gasteiger partial charge is 0.408 e. The Hall–Kier alpha value is -6.20. The molecule has 58 heavy (non-hydrogen) atoms. The average Bonchev–Trinajstić information content (AvgIpc) is 3.13. The molecule has 6 N–H and O–H groups in total. The summed E-state index contributed by atoms with van der Waals surface area (Å²) in [7, 11) is 0. The van der Waals surface area contributed by atoms with E-state index >= 15 is 0 Å². The first-order chi connectivity index (χ1) is 27.0. The summed E-state index contributed by atoms with van der Waals surface area (Å²) >= 11 is 0. The van der Waals surface area contributed by atoms with Gasteiger partial charge in [0.15, 0.2) is 0 Å². The van der Waals surface area contributed by atoms with Gasteiger partial charge in [0, 0.05) is 0 Å². The Kier molecular flexibility index (Phi) is 18.1. The van der Waals surface area contributed by atoms with Gasteiger partial charge in [-0.3, -0.25) is 19.2 Å². The fourth-order valence-electron chi connectivity index (χ4n) is 4.70. The summed E-state index contributed by atoms with van der Waals surface area (Å²) in [4.78, 5) is 106. The molecule has 0 fully saturated rings. The van der Waals surface area contributed by atoms with Gasteiger partial charge in [0.05, 0.1) is 0 Å². The van der Waals surface area contributed by atoms with Crippen LogP contribution in [0.2, 0.25) is 0 Å². The number of carbonyl (C=O) groups excluding carboxylic acids is 8. The number of hydrogen-bond donors (Lipinski definition) is 6. The van der Waals surface area contributed by atoms with E-state index in [1.54, 1.807) is 102 Å². The lowest BCUT2D eigenvalue weighted by Gasteiger charge is -2.29. The van der Waals surface area contributed by atoms with Crippen LogP contribution in [0.4, 0.5) is 9.59 Å². The minimum absolute atomic E-state index is 0.251. The summed E-state index contributed by atoms with van der Waals surface area (Å²) in [6.07, 6.45) is -2.40. The highest BCUT2D eigenvalue weighted by Gasteiger charge is 2.40. The van der Waals surface area contributed by atoms with Crippen molar-refractivity contribution in [3.63, 3.8) is 0 Å². The second-order valence-corrected chi connectivity index (χ2v) is 15.4. The predicted molar refractivity (Wildman–Crippen MR) is 209 cm³/mol. The first kappa shape index (κ1) is 48.0. The van der Waals surface area contributed by atoms with Crippen molar-refractivity contribution in [1.82, 2.24) is 31.9 Å². The second kappa shape index (κ2) is 21.9. The molecule has 2 aromatic carbocycles. The van der Waals surface area contributed by atoms with Crippen LogP contribution >= 0.6 is 0 Å². The van der Waals surface area contributed by atoms with Crippen molar-refractivity contribution in [3.05, 3.63) is 71.8 Å². The molecule has 0 unspecified atom stereocenters. The molecular weight excluding hydrogens is 756 g/mol. The van der Waals surface area contributed by atoms with Gasteiger partial charge in [0.2, 0.25) is 23.6 Å². The van der Waals surface area contributed by atoms with Crippen LogP contribution in [0.15, 0.2) is 60.7 Å². The van der Waals surface area contributed by atoms with Gasteiger partial charge in [-0.2, -0.15) is 0 Å². The van der Waals surface area contributed by atoms with Crippen LogP contribution in [0.1, 0.15) is 80.4 Å². The zero-order valence-electron chi connectivity index (χ0n) is 34.6. The molecule has 0 aliphatic rings. The zero-order valence-corrected chi connectivity index (χ0v) is 34.6. The number of benzene rings is 2. The molecule has 18 heteroatoms. The van der Waals surface area contributed by atoms with E-state index in [9.17, 15) is 38.4 Å². The van der Waals surface area contributed by atoms with Crippen molar-refractivity contribution in [2.75, 3.05) is 0 Å². The second-order valence-electron chi connectivity index (χ2n) is 15.4. The van der Waals surface area contributed by atoms with Crippen molar-refractivity contribution >= 4 is 47.8 Å². The summed E-state index contributed by atoms with van der Waals surface area (Å²) < 4.78 is 21.2. The van der Waals surface area contributed by atoms with Gasteiger partial charge in [0.25, 0.3) is 0 Å². The van der Waals surface area contributed by atoms with Crippen LogP contribution < -0.4 is 31.9 Å². The molecule has 0 spiro atoms. The molecule has 6 atom stereocenters. The van der Waals surface area contributed by atoms with E-state index in [-0.39, 0.29) is 13.2 Å². The average molecular weight is 813 g/mol. The van der Waals surface area contributed by atoms with Crippen molar-refractivity contribution in [1.29, 1.82) is 0 Å². The van der Waals surface area contributed by atoms with Gasteiger partial charge in [-0.05, 0) is 80.4 Å². The SMILES string of the molecule is C[C@H](NC(=O)[C@@H](NC(=O)OCc1ccccc1)[C@H](NC(=O)OCc1ccccc1)C(=O)N[C@@H](C)C(=O)N[C@@H](C)C(=O)OC(C)(C)C)C(=O)N[C@@H](C)C(=O)OC(C)(C)C. The largest absolute Gasteiger partial charge is 0.458 e. The molecule has 0 saturated heterocycles. The molecule has 2 rings (SSSR count). The first-order valence-corrected chi connectivity index (χ1v) is 18.6. The third-order valence-electron chi connectivity index (χ3n) is 7.61. The molecule has 0 aromatic heterocycles. The quantitative estimate of drug-likeness (QED) is 0.0996. The maximum Gasteiger partial charge on any atom is 0.408 e. The molecule has 0 bridgehead atoms. The topological polar surface area (TPSA) is 246 Å². The number of alkyl carbamates (subject to hydrolysis) is 2. The Morgan fingerprint density at radius 2 is 0.741 bits per heavy atom. The van der Waals surface area contributed by atoms with Crippen LogP contribution in [0.5, 0.6) is 0 Å². The van der Waals surface area contributed by atoms with Gasteiger partial charge >= 0.3 is 24.1 Å². The number of amides is 6. The lowest BCUT2D eigenvalue weighted by molar-refractivity contribution is -0.158. The van der Waals surface area contributed by atoms with Crippen LogP contribution in [0.3, 0.4) is 0 Å². The third-order valence-corrected chi connectivity index (χ3v) is 7.61. The van der Waals surface area contributed by atoms with Gasteiger partial charge in [0.1, 0.15) is 60.7 Å². The van der Waals surface area contributed by atoms with E-state index in [1.165, 1.54) is 27.7 Å². The van der Waals surface area contributed by atoms with Crippen molar-refractivity contribution < 1.29 is 57.3 Å². The number of nitrogens with one attached hydrogen (secondary N) is 6. The normalized spacial score (nSPS) is 14.3. The summed E-state index contributed by atoms with van der Waals surface area (Å²) in [6, 6.07) is 7.99. The molecule has 318 valence electrons. The standard InChI is InChI=1S/C40H56N6O12/c1-23(31(47)43-25(3)35(51)57-39(5,6)7)41-33(49)29(45-37(53)55-21-27-17-13-11-14-18-27)30(46-38(54)56-22-28-19-15-12-16-20-28)34(50)42-24(2)32(48)44-26(4)36(52)58-40(8,9)10/h11-20,23-26,29-30H,21-22H2,1-10H3,(H,41,49)(H,42,50)(H,43,47)(H,44,48)(H,45,53)(H,46,54)/t23-,24-,25-,26-,29-,30-/m0/s1. The van der Waals surface area contributed by atoms with Crippen molar-refractivity contribution in [2.24, 2.45) is 0 Å². The summed E-state index contributed by atoms with van der Waals surface area (Å²) in [5.41, 5.74) is -0.521. The van der Waals surface area contributed by atoms with Crippen molar-refractivity contribution in [2.45, 2.75) is 130 Å². The van der Waals surface area contributed by atoms with Gasteiger partial charge in [-0.15, -0.1) is 0 Å². The molecule has 0 radical (unpaired) electrons. The van der Waals surface area contributed by atoms with E-state index in [2.05, 4.69) is 31.9 Å². The molecule has 0 heterocycles. The lowest BCUT2D eigenvalue weighted by atomic mass is 10.1. The fraction of sp³-hybridized carbons (Fsp3) is 0.500. The number of hydrogen-bond acceptors (Lipinski definition) is 12. The lowest BCUT2D eigenvalue weighted by Crippen LogP contribution is -2.66. The summed E-state index contributed by atoms with van der Waals surface area (Å²) in [6.45, 7) is 14.7. The maximum atomic E-state index is 14.0. The minimum atomic E-state index is -2.01. The fourth-order valence-corrected chi connectivity index (χ4v) is 4.70. The van der Waals surface area contributed by atoms with Crippen LogP contribution in [0.25, 0.3) is 0 Å². The zero-order chi connectivity index (χ0) is 43.8. The Bertz CT molecular complexity index is 1620. The number of esters is 2. The molecule has 0 aliphatic heterocycles. The molecule has 0 saturated carbocycles. The van der Waals surface area contributed by atoms with E-state index in [1.807, 2.05) is 0 Å². The highest BCUT2D eigenvalue weighted by molar-refractivity contribution is 5.99. The molecule has 0 aliphatic carbocycles. The predicted octanol–water partition coefficient (Wildman–Crippen LogP) is 2.28. The first-order valence-electron chi connectivity index (χ1n) is 18.6. The molecule has 2 aromatic rings. The van der Waals surface area contributed by atoms with E-state index in [0.29, 0.717) is 11.1 Å². The summed E-state index contributed by atoms with van der Waals surface area (Å²) in [5, 5.41) is 14.2. The number of rotatable bonds is 17. The maximum absolute atomic E-state index is 14.0. The van der Waals surface area contributed by atoms with Crippen LogP contribution in [-0.4, -0.2) is 95.2 Å². The van der Waals surface area contributed by atoms with Crippen LogP contribution in [0, 0.1) is 0 Å². The Labute approximate surface area is 338 Å². The summed E-state index contributed by atoms with van der Waals surface area (Å²) in [5.74, 6) is -5.48. The Balaban J connectivity index is 2.42. The number of ether oxygens (including phenoxy) is 4. The third kappa shape index (κ3) is 17.7. The monoisotopic (exact) mass is 812 g/mol. The van der Waals surface area contributed by atoms with E-state index in [4.69, 9.17) is 18.9 Å². The van der Waals surface area contributed by atoms with Crippen molar-refractivity contribution in [3.8, 4) is 0 Å². The van der Waals surface area contributed by atoms with E-state index in [0.717, 1.165) is 0 Å². The number of carbonyl (C=O) groups is 8. The molecular formula is C40H56N6O12. The van der Waals surface area contributed by atoms with Gasteiger partial charge in [-0.1, -0.05) is 60.7 Å². The minimum Gasteiger partial charge on any atom is -0.458 e. The van der Waals surface area contributed by atoms with Gasteiger partial charge < -0.3 is 50.8 Å². The highest BCUT2D eigenvalue weighted by Crippen LogP contribution is 2.10. The highest BCUT2D eigenvalue weighted by atomic mass is 16.6. The molecule has 18 nitrogen and oxygen atoms in total. The Morgan fingerprint density at radius 1 is 0.448 bits per heavy atom. The Morgan fingerprint density at radius 3 is 1.03 bits per heavy atom. The van der Waals surface area contributed by atoms with Gasteiger partial charge in [-0.25, -0.2) is 19.2 Å².